The fourth-order valence-electron chi connectivity index (χ4n) is 2.52. The van der Waals surface area contributed by atoms with Gasteiger partial charge >= 0.3 is 0 Å². The maximum absolute atomic E-state index is 3.70. The van der Waals surface area contributed by atoms with E-state index in [2.05, 4.69) is 69.9 Å². The van der Waals surface area contributed by atoms with Crippen LogP contribution in [0.15, 0.2) is 45.6 Å². The molecule has 0 aliphatic carbocycles. The summed E-state index contributed by atoms with van der Waals surface area (Å²) >= 11 is 7.26. The van der Waals surface area contributed by atoms with Crippen LogP contribution in [0.4, 0.5) is 0 Å². The summed E-state index contributed by atoms with van der Waals surface area (Å²) in [4.78, 5) is 1.41. The van der Waals surface area contributed by atoms with Gasteiger partial charge in [0.05, 0.1) is 3.79 Å². The molecule has 1 atom stereocenters. The molecule has 0 aliphatic rings. The van der Waals surface area contributed by atoms with Crippen molar-refractivity contribution >= 4 is 48.7 Å². The molecule has 1 aromatic carbocycles. The Morgan fingerprint density at radius 3 is 2.81 bits per heavy atom. The van der Waals surface area contributed by atoms with Gasteiger partial charge in [0.15, 0.2) is 0 Å². The maximum Gasteiger partial charge on any atom is 0.0701 e. The summed E-state index contributed by atoms with van der Waals surface area (Å²) < 4.78 is 2.59. The molecule has 0 spiro atoms. The molecule has 0 amide bonds. The third kappa shape index (κ3) is 3.57. The van der Waals surface area contributed by atoms with Crippen LogP contribution in [0.2, 0.25) is 0 Å². The summed E-state index contributed by atoms with van der Waals surface area (Å²) in [7, 11) is 0. The van der Waals surface area contributed by atoms with Gasteiger partial charge in [-0.25, -0.2) is 0 Å². The molecule has 4 heteroatoms. The average Bonchev–Trinajstić information content (AvgIpc) is 3.10. The van der Waals surface area contributed by atoms with E-state index in [0.717, 1.165) is 19.4 Å². The second kappa shape index (κ2) is 7.05. The van der Waals surface area contributed by atoms with Crippen molar-refractivity contribution in [1.29, 1.82) is 0 Å². The minimum absolute atomic E-state index is 0.402. The van der Waals surface area contributed by atoms with E-state index >= 15 is 0 Å². The van der Waals surface area contributed by atoms with Gasteiger partial charge < -0.3 is 5.32 Å². The van der Waals surface area contributed by atoms with Crippen molar-refractivity contribution < 1.29 is 0 Å². The lowest BCUT2D eigenvalue weighted by Crippen LogP contribution is -2.23. The second-order valence-electron chi connectivity index (χ2n) is 5.11. The van der Waals surface area contributed by atoms with Gasteiger partial charge in [0.25, 0.3) is 0 Å². The van der Waals surface area contributed by atoms with E-state index < -0.39 is 0 Å². The molecule has 0 fully saturated rings. The van der Waals surface area contributed by atoms with Crippen LogP contribution in [-0.4, -0.2) is 6.54 Å². The first-order valence-electron chi connectivity index (χ1n) is 7.21. The van der Waals surface area contributed by atoms with Crippen molar-refractivity contribution in [2.24, 2.45) is 0 Å². The Labute approximate surface area is 142 Å². The van der Waals surface area contributed by atoms with Crippen LogP contribution in [0.1, 0.15) is 29.8 Å². The molecule has 0 aliphatic heterocycles. The van der Waals surface area contributed by atoms with E-state index in [9.17, 15) is 0 Å². The molecule has 21 heavy (non-hydrogen) atoms. The van der Waals surface area contributed by atoms with Gasteiger partial charge in [-0.3, -0.25) is 0 Å². The highest BCUT2D eigenvalue weighted by atomic mass is 79.9. The first kappa shape index (κ1) is 15.2. The van der Waals surface area contributed by atoms with Crippen LogP contribution in [0.3, 0.4) is 0 Å². The van der Waals surface area contributed by atoms with Crippen LogP contribution >= 0.6 is 38.6 Å². The molecule has 2 heterocycles. The molecule has 1 nitrogen and oxygen atoms in total. The van der Waals surface area contributed by atoms with Gasteiger partial charge in [0, 0.05) is 15.6 Å². The quantitative estimate of drug-likeness (QED) is 0.552. The summed E-state index contributed by atoms with van der Waals surface area (Å²) in [6.45, 7) is 3.27. The molecule has 3 rings (SSSR count). The number of hydrogen-bond donors (Lipinski definition) is 1. The Morgan fingerprint density at radius 1 is 1.19 bits per heavy atom. The van der Waals surface area contributed by atoms with Gasteiger partial charge in [-0.2, -0.15) is 0 Å². The van der Waals surface area contributed by atoms with E-state index in [-0.39, 0.29) is 0 Å². The van der Waals surface area contributed by atoms with Gasteiger partial charge in [-0.05, 0) is 69.8 Å². The summed E-state index contributed by atoms with van der Waals surface area (Å²) in [6, 6.07) is 13.5. The third-order valence-electron chi connectivity index (χ3n) is 3.56. The topological polar surface area (TPSA) is 12.0 Å². The lowest BCUT2D eigenvalue weighted by molar-refractivity contribution is 0.538. The number of thiophene rings is 2. The Bertz CT molecular complexity index is 716. The van der Waals surface area contributed by atoms with Crippen molar-refractivity contribution in [3.05, 3.63) is 56.0 Å². The number of halogens is 1. The van der Waals surface area contributed by atoms with E-state index in [4.69, 9.17) is 0 Å². The van der Waals surface area contributed by atoms with Crippen LogP contribution < -0.4 is 5.32 Å². The number of fused-ring (bicyclic) bond motifs is 1. The van der Waals surface area contributed by atoms with E-state index in [1.165, 1.54) is 24.3 Å². The minimum atomic E-state index is 0.402. The molecule has 3 aromatic rings. The summed E-state index contributed by atoms with van der Waals surface area (Å²) in [6.07, 6.45) is 2.21. The van der Waals surface area contributed by atoms with E-state index in [0.29, 0.717) is 6.04 Å². The fraction of sp³-hybridized carbons (Fsp3) is 0.294. The van der Waals surface area contributed by atoms with E-state index in [1.807, 2.05) is 22.7 Å². The Kier molecular flexibility index (Phi) is 5.11. The Morgan fingerprint density at radius 2 is 2.05 bits per heavy atom. The molecular weight excluding hydrogens is 362 g/mol. The lowest BCUT2D eigenvalue weighted by Gasteiger charge is -2.17. The molecule has 0 bridgehead atoms. The van der Waals surface area contributed by atoms with Gasteiger partial charge in [0.1, 0.15) is 0 Å². The SMILES string of the molecule is CCCNC(Cc1csc2ccccc12)c1ccc(Br)s1. The lowest BCUT2D eigenvalue weighted by atomic mass is 10.0. The molecule has 0 saturated carbocycles. The van der Waals surface area contributed by atoms with Gasteiger partial charge in [0.2, 0.25) is 0 Å². The first-order chi connectivity index (χ1) is 10.3. The molecule has 1 unspecified atom stereocenters. The van der Waals surface area contributed by atoms with Crippen LogP contribution in [0.5, 0.6) is 0 Å². The highest BCUT2D eigenvalue weighted by Crippen LogP contribution is 2.33. The van der Waals surface area contributed by atoms with Gasteiger partial charge in [-0.1, -0.05) is 25.1 Å². The minimum Gasteiger partial charge on any atom is -0.309 e. The third-order valence-corrected chi connectivity index (χ3v) is 6.31. The maximum atomic E-state index is 3.70. The zero-order chi connectivity index (χ0) is 14.7. The van der Waals surface area contributed by atoms with Crippen molar-refractivity contribution in [1.82, 2.24) is 5.32 Å². The fourth-order valence-corrected chi connectivity index (χ4v) is 4.99. The predicted molar refractivity (Wildman–Crippen MR) is 98.6 cm³/mol. The number of hydrogen-bond acceptors (Lipinski definition) is 3. The second-order valence-corrected chi connectivity index (χ2v) is 8.52. The van der Waals surface area contributed by atoms with Crippen LogP contribution in [-0.2, 0) is 6.42 Å². The molecule has 1 N–H and O–H groups in total. The normalized spacial score (nSPS) is 12.9. The first-order valence-corrected chi connectivity index (χ1v) is 9.70. The predicted octanol–water partition coefficient (Wildman–Crippen LogP) is 6.01. The molecule has 2 aromatic heterocycles. The van der Waals surface area contributed by atoms with Crippen molar-refractivity contribution in [2.45, 2.75) is 25.8 Å². The Hall–Kier alpha value is -0.680. The summed E-state index contributed by atoms with van der Waals surface area (Å²) in [5.74, 6) is 0. The van der Waals surface area contributed by atoms with Crippen molar-refractivity contribution in [3.8, 4) is 0 Å². The molecule has 110 valence electrons. The molecular formula is C17H18BrNS2. The highest BCUT2D eigenvalue weighted by Gasteiger charge is 2.16. The monoisotopic (exact) mass is 379 g/mol. The number of benzene rings is 1. The zero-order valence-corrected chi connectivity index (χ0v) is 15.2. The van der Waals surface area contributed by atoms with E-state index in [1.54, 1.807) is 0 Å². The Balaban J connectivity index is 1.87. The summed E-state index contributed by atoms with van der Waals surface area (Å²) in [5.41, 5.74) is 1.45. The van der Waals surface area contributed by atoms with Crippen molar-refractivity contribution in [2.75, 3.05) is 6.54 Å². The average molecular weight is 380 g/mol. The highest BCUT2D eigenvalue weighted by molar-refractivity contribution is 9.11. The number of nitrogens with one attached hydrogen (secondary N) is 1. The van der Waals surface area contributed by atoms with Crippen molar-refractivity contribution in [3.63, 3.8) is 0 Å². The molecule has 0 saturated heterocycles. The van der Waals surface area contributed by atoms with Gasteiger partial charge in [-0.15, -0.1) is 22.7 Å². The number of rotatable bonds is 6. The largest absolute Gasteiger partial charge is 0.309 e. The smallest absolute Gasteiger partial charge is 0.0701 e. The summed E-state index contributed by atoms with van der Waals surface area (Å²) in [5, 5.41) is 7.41. The zero-order valence-electron chi connectivity index (χ0n) is 11.9. The van der Waals surface area contributed by atoms with Crippen LogP contribution in [0.25, 0.3) is 10.1 Å². The van der Waals surface area contributed by atoms with Crippen LogP contribution in [0, 0.1) is 0 Å². The standard InChI is InChI=1S/C17H18BrNS2/c1-2-9-19-14(16-7-8-17(18)21-16)10-12-11-20-15-6-4-3-5-13(12)15/h3-8,11,14,19H,2,9-10H2,1H3. The molecule has 0 radical (unpaired) electrons.